The van der Waals surface area contributed by atoms with Crippen molar-refractivity contribution in [1.82, 2.24) is 9.97 Å². The second kappa shape index (κ2) is 9.26. The zero-order chi connectivity index (χ0) is 20.9. The Kier molecular flexibility index (Phi) is 6.28. The minimum atomic E-state index is -0.365. The second-order valence-corrected chi connectivity index (χ2v) is 8.45. The van der Waals surface area contributed by atoms with E-state index in [0.29, 0.717) is 12.2 Å². The molecule has 30 heavy (non-hydrogen) atoms. The first-order chi connectivity index (χ1) is 14.6. The van der Waals surface area contributed by atoms with Gasteiger partial charge in [0.1, 0.15) is 10.8 Å². The maximum absolute atomic E-state index is 13.4. The normalized spacial score (nSPS) is 16.3. The molecule has 1 aromatic heterocycles. The maximum atomic E-state index is 13.4. The first kappa shape index (κ1) is 20.3. The molecule has 7 heteroatoms. The van der Waals surface area contributed by atoms with Crippen LogP contribution in [0, 0.1) is 18.7 Å². The number of nitrogens with one attached hydrogen (secondary N) is 1. The fourth-order valence-electron chi connectivity index (χ4n) is 3.59. The van der Waals surface area contributed by atoms with Crippen molar-refractivity contribution in [3.05, 3.63) is 72.3 Å². The molecule has 1 fully saturated rings. The fourth-order valence-corrected chi connectivity index (χ4v) is 4.59. The summed E-state index contributed by atoms with van der Waals surface area (Å²) in [6, 6.07) is 14.2. The lowest BCUT2D eigenvalue weighted by molar-refractivity contribution is -0.120. The average Bonchev–Trinajstić information content (AvgIpc) is 2.74. The van der Waals surface area contributed by atoms with Gasteiger partial charge in [-0.15, -0.1) is 0 Å². The summed E-state index contributed by atoms with van der Waals surface area (Å²) in [5.41, 5.74) is 1.67. The third-order valence-corrected chi connectivity index (χ3v) is 6.01. The zero-order valence-corrected chi connectivity index (χ0v) is 17.5. The first-order valence-corrected chi connectivity index (χ1v) is 10.8. The van der Waals surface area contributed by atoms with Gasteiger partial charge in [-0.2, -0.15) is 0 Å². The molecule has 154 valence electrons. The second-order valence-electron chi connectivity index (χ2n) is 7.39. The lowest BCUT2D eigenvalue weighted by Gasteiger charge is -2.33. The highest BCUT2D eigenvalue weighted by Crippen LogP contribution is 2.34. The van der Waals surface area contributed by atoms with Crippen molar-refractivity contribution < 1.29 is 9.18 Å². The molecule has 4 rings (SSSR count). The number of aryl methyl sites for hydroxylation is 1. The Labute approximate surface area is 179 Å². The fraction of sp³-hybridized carbons (Fsp3) is 0.261. The van der Waals surface area contributed by atoms with Gasteiger partial charge < -0.3 is 10.2 Å². The average molecular weight is 423 g/mol. The SMILES string of the molecule is Cc1cccc(Sc2nccnc2N2CCC[C@@H](C(=O)Nc3cccc(F)c3)C2)c1. The van der Waals surface area contributed by atoms with E-state index in [9.17, 15) is 9.18 Å². The van der Waals surface area contributed by atoms with E-state index < -0.39 is 0 Å². The number of rotatable bonds is 5. The van der Waals surface area contributed by atoms with Crippen molar-refractivity contribution in [3.63, 3.8) is 0 Å². The van der Waals surface area contributed by atoms with Crippen LogP contribution < -0.4 is 10.2 Å². The van der Waals surface area contributed by atoms with Crippen LogP contribution in [-0.2, 0) is 4.79 Å². The van der Waals surface area contributed by atoms with E-state index in [-0.39, 0.29) is 17.6 Å². The standard InChI is InChI=1S/C23H23FN4OS/c1-16-5-2-9-20(13-16)30-23-21(25-10-11-26-23)28-12-4-6-17(15-28)22(29)27-19-8-3-7-18(24)14-19/h2-3,5,7-11,13-14,17H,4,6,12,15H2,1H3,(H,27,29)/t17-/m1/s1. The molecule has 1 aliphatic rings. The van der Waals surface area contributed by atoms with Gasteiger partial charge in [0.2, 0.25) is 5.91 Å². The molecule has 1 N–H and O–H groups in total. The number of aromatic nitrogens is 2. The van der Waals surface area contributed by atoms with Crippen molar-refractivity contribution in [3.8, 4) is 0 Å². The summed E-state index contributed by atoms with van der Waals surface area (Å²) < 4.78 is 13.4. The summed E-state index contributed by atoms with van der Waals surface area (Å²) in [7, 11) is 0. The molecule has 1 aliphatic heterocycles. The summed E-state index contributed by atoms with van der Waals surface area (Å²) in [4.78, 5) is 25.1. The van der Waals surface area contributed by atoms with Crippen molar-refractivity contribution in [2.24, 2.45) is 5.92 Å². The minimum Gasteiger partial charge on any atom is -0.354 e. The first-order valence-electron chi connectivity index (χ1n) is 9.95. The Morgan fingerprint density at radius 3 is 2.83 bits per heavy atom. The number of anilines is 2. The monoisotopic (exact) mass is 422 g/mol. The lowest BCUT2D eigenvalue weighted by Crippen LogP contribution is -2.41. The van der Waals surface area contributed by atoms with E-state index in [1.54, 1.807) is 36.3 Å². The van der Waals surface area contributed by atoms with Gasteiger partial charge in [-0.05, 0) is 50.1 Å². The topological polar surface area (TPSA) is 58.1 Å². The zero-order valence-electron chi connectivity index (χ0n) is 16.7. The molecular formula is C23H23FN4OS. The Balaban J connectivity index is 1.49. The van der Waals surface area contributed by atoms with Crippen LogP contribution >= 0.6 is 11.8 Å². The highest BCUT2D eigenvalue weighted by atomic mass is 32.2. The van der Waals surface area contributed by atoms with Gasteiger partial charge in [0.15, 0.2) is 5.82 Å². The molecule has 1 saturated heterocycles. The molecule has 2 aromatic carbocycles. The predicted octanol–water partition coefficient (Wildman–Crippen LogP) is 4.93. The van der Waals surface area contributed by atoms with Crippen molar-refractivity contribution in [2.45, 2.75) is 29.7 Å². The molecule has 0 unspecified atom stereocenters. The largest absolute Gasteiger partial charge is 0.354 e. The molecule has 1 amide bonds. The van der Waals surface area contributed by atoms with Gasteiger partial charge in [-0.1, -0.05) is 35.5 Å². The van der Waals surface area contributed by atoms with Gasteiger partial charge in [-0.25, -0.2) is 14.4 Å². The van der Waals surface area contributed by atoms with Crippen molar-refractivity contribution in [1.29, 1.82) is 0 Å². The van der Waals surface area contributed by atoms with Crippen LogP contribution in [0.25, 0.3) is 0 Å². The molecule has 0 spiro atoms. The Bertz CT molecular complexity index is 1040. The van der Waals surface area contributed by atoms with E-state index >= 15 is 0 Å². The summed E-state index contributed by atoms with van der Waals surface area (Å²) in [5, 5.41) is 3.67. The smallest absolute Gasteiger partial charge is 0.229 e. The number of nitrogens with zero attached hydrogens (tertiary/aromatic N) is 3. The Hall–Kier alpha value is -2.93. The number of halogens is 1. The summed E-state index contributed by atoms with van der Waals surface area (Å²) >= 11 is 1.58. The van der Waals surface area contributed by atoms with Crippen LogP contribution in [0.15, 0.2) is 70.8 Å². The molecule has 5 nitrogen and oxygen atoms in total. The maximum Gasteiger partial charge on any atom is 0.229 e. The van der Waals surface area contributed by atoms with E-state index in [2.05, 4.69) is 45.3 Å². The molecule has 0 aliphatic carbocycles. The number of amides is 1. The van der Waals surface area contributed by atoms with Crippen LogP contribution in [0.5, 0.6) is 0 Å². The molecule has 0 bridgehead atoms. The van der Waals surface area contributed by atoms with E-state index in [1.165, 1.54) is 17.7 Å². The summed E-state index contributed by atoms with van der Waals surface area (Å²) in [6.45, 7) is 3.44. The van der Waals surface area contributed by atoms with Crippen LogP contribution in [0.1, 0.15) is 18.4 Å². The van der Waals surface area contributed by atoms with Gasteiger partial charge in [0.05, 0.1) is 5.92 Å². The molecule has 1 atom stereocenters. The van der Waals surface area contributed by atoms with Crippen LogP contribution in [0.2, 0.25) is 0 Å². The lowest BCUT2D eigenvalue weighted by atomic mass is 9.97. The molecule has 0 saturated carbocycles. The van der Waals surface area contributed by atoms with Crippen LogP contribution in [0.3, 0.4) is 0 Å². The van der Waals surface area contributed by atoms with Crippen molar-refractivity contribution >= 4 is 29.2 Å². The highest BCUT2D eigenvalue weighted by Gasteiger charge is 2.28. The molecular weight excluding hydrogens is 399 g/mol. The number of hydrogen-bond acceptors (Lipinski definition) is 5. The highest BCUT2D eigenvalue weighted by molar-refractivity contribution is 7.99. The third-order valence-electron chi connectivity index (χ3n) is 5.03. The van der Waals surface area contributed by atoms with Gasteiger partial charge >= 0.3 is 0 Å². The molecule has 3 aromatic rings. The Morgan fingerprint density at radius 2 is 2.00 bits per heavy atom. The van der Waals surface area contributed by atoms with Gasteiger partial charge in [0, 0.05) is 36.1 Å². The number of piperidine rings is 1. The number of carbonyl (C=O) groups excluding carboxylic acids is 1. The van der Waals surface area contributed by atoms with Crippen LogP contribution in [0.4, 0.5) is 15.9 Å². The van der Waals surface area contributed by atoms with E-state index in [4.69, 9.17) is 0 Å². The minimum absolute atomic E-state index is 0.0953. The number of hydrogen-bond donors (Lipinski definition) is 1. The number of carbonyl (C=O) groups is 1. The summed E-state index contributed by atoms with van der Waals surface area (Å²) in [5.74, 6) is 0.144. The van der Waals surface area contributed by atoms with Gasteiger partial charge in [0.25, 0.3) is 0 Å². The Morgan fingerprint density at radius 1 is 1.17 bits per heavy atom. The van der Waals surface area contributed by atoms with Gasteiger partial charge in [-0.3, -0.25) is 4.79 Å². The quantitative estimate of drug-likeness (QED) is 0.632. The molecule has 2 heterocycles. The van der Waals surface area contributed by atoms with E-state index in [1.807, 2.05) is 6.07 Å². The number of benzene rings is 2. The van der Waals surface area contributed by atoms with Crippen LogP contribution in [-0.4, -0.2) is 29.0 Å². The third kappa shape index (κ3) is 4.97. The molecule has 0 radical (unpaired) electrons. The van der Waals surface area contributed by atoms with Crippen molar-refractivity contribution in [2.75, 3.05) is 23.3 Å². The van der Waals surface area contributed by atoms with E-state index in [0.717, 1.165) is 35.1 Å². The summed E-state index contributed by atoms with van der Waals surface area (Å²) in [6.07, 6.45) is 5.05. The predicted molar refractivity (Wildman–Crippen MR) is 117 cm³/mol.